The highest BCUT2D eigenvalue weighted by molar-refractivity contribution is 5.14. The predicted molar refractivity (Wildman–Crippen MR) is 59.4 cm³/mol. The Morgan fingerprint density at radius 3 is 1.53 bits per heavy atom. The molecule has 0 N–H and O–H groups in total. The van der Waals surface area contributed by atoms with Crippen LogP contribution in [0.1, 0.15) is 25.7 Å². The SMILES string of the molecule is C1=CC2CC1CC2OC1CC2C=CC1C2. The number of hydrogen-bond acceptors (Lipinski definition) is 1. The van der Waals surface area contributed by atoms with Gasteiger partial charge in [-0.2, -0.15) is 0 Å². The van der Waals surface area contributed by atoms with Crippen LogP contribution in [-0.2, 0) is 4.74 Å². The summed E-state index contributed by atoms with van der Waals surface area (Å²) in [6.07, 6.45) is 16.0. The number of ether oxygens (including phenoxy) is 1. The van der Waals surface area contributed by atoms with Crippen LogP contribution in [0.2, 0.25) is 0 Å². The standard InChI is InChI=1S/C14H18O/c1-3-11-5-9(1)7-13(11)15-14-8-10-2-4-12(14)6-10/h1-4,9-14H,5-8H2. The van der Waals surface area contributed by atoms with Gasteiger partial charge in [-0.05, 0) is 37.5 Å². The summed E-state index contributed by atoms with van der Waals surface area (Å²) in [5.74, 6) is 3.18. The number of allylic oxidation sites excluding steroid dienone is 2. The first kappa shape index (κ1) is 8.58. The molecule has 0 aromatic rings. The Morgan fingerprint density at radius 1 is 0.667 bits per heavy atom. The zero-order valence-electron chi connectivity index (χ0n) is 9.01. The van der Waals surface area contributed by atoms with Gasteiger partial charge in [0.05, 0.1) is 12.2 Å². The lowest BCUT2D eigenvalue weighted by atomic mass is 10.0. The van der Waals surface area contributed by atoms with Gasteiger partial charge in [-0.15, -0.1) is 0 Å². The van der Waals surface area contributed by atoms with Crippen molar-refractivity contribution in [3.05, 3.63) is 24.3 Å². The minimum absolute atomic E-state index is 0.553. The van der Waals surface area contributed by atoms with Gasteiger partial charge in [0.1, 0.15) is 0 Å². The molecule has 15 heavy (non-hydrogen) atoms. The third kappa shape index (κ3) is 1.25. The maximum absolute atomic E-state index is 6.34. The molecule has 0 saturated heterocycles. The second kappa shape index (κ2) is 2.98. The quantitative estimate of drug-likeness (QED) is 0.626. The van der Waals surface area contributed by atoms with E-state index in [1.807, 2.05) is 0 Å². The van der Waals surface area contributed by atoms with Crippen molar-refractivity contribution in [1.29, 1.82) is 0 Å². The summed E-state index contributed by atoms with van der Waals surface area (Å²) in [7, 11) is 0. The molecule has 0 aromatic heterocycles. The highest BCUT2D eigenvalue weighted by atomic mass is 16.5. The highest BCUT2D eigenvalue weighted by Gasteiger charge is 2.42. The van der Waals surface area contributed by atoms with E-state index in [0.717, 1.165) is 23.7 Å². The van der Waals surface area contributed by atoms with Crippen LogP contribution in [0.3, 0.4) is 0 Å². The van der Waals surface area contributed by atoms with Crippen molar-refractivity contribution in [3.63, 3.8) is 0 Å². The van der Waals surface area contributed by atoms with E-state index in [1.54, 1.807) is 0 Å². The second-order valence-electron chi connectivity index (χ2n) is 5.77. The van der Waals surface area contributed by atoms with Crippen LogP contribution in [0.5, 0.6) is 0 Å². The summed E-state index contributed by atoms with van der Waals surface area (Å²) in [5, 5.41) is 0. The molecule has 0 radical (unpaired) electrons. The van der Waals surface area contributed by atoms with E-state index in [2.05, 4.69) is 24.3 Å². The molecule has 6 atom stereocenters. The Balaban J connectivity index is 1.45. The van der Waals surface area contributed by atoms with Gasteiger partial charge in [0.2, 0.25) is 0 Å². The average molecular weight is 202 g/mol. The molecule has 80 valence electrons. The molecule has 0 heterocycles. The normalized spacial score (nSPS) is 54.7. The maximum atomic E-state index is 6.34. The van der Waals surface area contributed by atoms with E-state index in [0.29, 0.717) is 12.2 Å². The zero-order chi connectivity index (χ0) is 9.83. The molecule has 0 aliphatic heterocycles. The van der Waals surface area contributed by atoms with Crippen LogP contribution >= 0.6 is 0 Å². The van der Waals surface area contributed by atoms with Crippen molar-refractivity contribution in [2.24, 2.45) is 23.7 Å². The number of hydrogen-bond donors (Lipinski definition) is 0. The first-order chi connectivity index (χ1) is 7.38. The topological polar surface area (TPSA) is 9.23 Å². The minimum Gasteiger partial charge on any atom is -0.374 e. The predicted octanol–water partition coefficient (Wildman–Crippen LogP) is 2.93. The first-order valence-corrected chi connectivity index (χ1v) is 6.40. The van der Waals surface area contributed by atoms with Crippen molar-refractivity contribution >= 4 is 0 Å². The Labute approximate surface area is 91.2 Å². The summed E-state index contributed by atoms with van der Waals surface area (Å²) < 4.78 is 6.34. The van der Waals surface area contributed by atoms with Crippen LogP contribution in [0.15, 0.2) is 24.3 Å². The fourth-order valence-corrected chi connectivity index (χ4v) is 4.00. The molecular formula is C14H18O. The second-order valence-corrected chi connectivity index (χ2v) is 5.77. The molecule has 6 unspecified atom stereocenters. The van der Waals surface area contributed by atoms with Gasteiger partial charge in [-0.3, -0.25) is 0 Å². The molecule has 1 nitrogen and oxygen atoms in total. The summed E-state index contributed by atoms with van der Waals surface area (Å²) in [6.45, 7) is 0. The van der Waals surface area contributed by atoms with E-state index >= 15 is 0 Å². The fraction of sp³-hybridized carbons (Fsp3) is 0.714. The molecule has 0 spiro atoms. The zero-order valence-corrected chi connectivity index (χ0v) is 9.01. The number of rotatable bonds is 2. The Bertz CT molecular complexity index is 298. The van der Waals surface area contributed by atoms with Crippen molar-refractivity contribution in [2.75, 3.05) is 0 Å². The third-order valence-corrected chi connectivity index (χ3v) is 4.79. The van der Waals surface area contributed by atoms with Crippen LogP contribution in [0.4, 0.5) is 0 Å². The summed E-state index contributed by atoms with van der Waals surface area (Å²) >= 11 is 0. The van der Waals surface area contributed by atoms with Gasteiger partial charge in [0.25, 0.3) is 0 Å². The van der Waals surface area contributed by atoms with Crippen molar-refractivity contribution in [1.82, 2.24) is 0 Å². The summed E-state index contributed by atoms with van der Waals surface area (Å²) in [5.41, 5.74) is 0. The molecule has 4 rings (SSSR count). The first-order valence-electron chi connectivity index (χ1n) is 6.40. The highest BCUT2D eigenvalue weighted by Crippen LogP contribution is 2.46. The molecule has 4 bridgehead atoms. The van der Waals surface area contributed by atoms with Gasteiger partial charge >= 0.3 is 0 Å². The van der Waals surface area contributed by atoms with Crippen LogP contribution in [0.25, 0.3) is 0 Å². The van der Waals surface area contributed by atoms with E-state index in [-0.39, 0.29) is 0 Å². The van der Waals surface area contributed by atoms with Gasteiger partial charge < -0.3 is 4.74 Å². The molecule has 0 aromatic carbocycles. The van der Waals surface area contributed by atoms with E-state index in [1.165, 1.54) is 25.7 Å². The van der Waals surface area contributed by atoms with Gasteiger partial charge in [0.15, 0.2) is 0 Å². The smallest absolute Gasteiger partial charge is 0.0647 e. The van der Waals surface area contributed by atoms with Gasteiger partial charge in [-0.25, -0.2) is 0 Å². The summed E-state index contributed by atoms with van der Waals surface area (Å²) in [6, 6.07) is 0. The molecule has 4 aliphatic rings. The number of fused-ring (bicyclic) bond motifs is 4. The maximum Gasteiger partial charge on any atom is 0.0647 e. The molecule has 4 aliphatic carbocycles. The molecule has 1 heteroatoms. The third-order valence-electron chi connectivity index (χ3n) is 4.79. The van der Waals surface area contributed by atoms with Crippen molar-refractivity contribution < 1.29 is 4.74 Å². The van der Waals surface area contributed by atoms with Crippen LogP contribution in [-0.4, -0.2) is 12.2 Å². The summed E-state index contributed by atoms with van der Waals surface area (Å²) in [4.78, 5) is 0. The monoisotopic (exact) mass is 202 g/mol. The van der Waals surface area contributed by atoms with Crippen LogP contribution in [0, 0.1) is 23.7 Å². The van der Waals surface area contributed by atoms with E-state index in [9.17, 15) is 0 Å². The molecule has 2 fully saturated rings. The lowest BCUT2D eigenvalue weighted by Gasteiger charge is -2.27. The molecule has 0 amide bonds. The van der Waals surface area contributed by atoms with E-state index in [4.69, 9.17) is 4.74 Å². The lowest BCUT2D eigenvalue weighted by Crippen LogP contribution is -2.28. The van der Waals surface area contributed by atoms with Crippen molar-refractivity contribution in [2.45, 2.75) is 37.9 Å². The minimum atomic E-state index is 0.553. The van der Waals surface area contributed by atoms with E-state index < -0.39 is 0 Å². The molecular weight excluding hydrogens is 184 g/mol. The van der Waals surface area contributed by atoms with Gasteiger partial charge in [0, 0.05) is 11.8 Å². The average Bonchev–Trinajstić information content (AvgIpc) is 2.96. The van der Waals surface area contributed by atoms with Crippen molar-refractivity contribution in [3.8, 4) is 0 Å². The fourth-order valence-electron chi connectivity index (χ4n) is 4.00. The Kier molecular flexibility index (Phi) is 1.70. The molecule has 2 saturated carbocycles. The Hall–Kier alpha value is -0.560. The largest absolute Gasteiger partial charge is 0.374 e. The lowest BCUT2D eigenvalue weighted by molar-refractivity contribution is -0.0363. The Morgan fingerprint density at radius 2 is 1.20 bits per heavy atom. The van der Waals surface area contributed by atoms with Gasteiger partial charge in [-0.1, -0.05) is 24.3 Å². The van der Waals surface area contributed by atoms with Crippen LogP contribution < -0.4 is 0 Å².